The number of rotatable bonds is 7. The number of aryl methyl sites for hydroxylation is 1. The summed E-state index contributed by atoms with van der Waals surface area (Å²) in [6.07, 6.45) is 7.05. The van der Waals surface area contributed by atoms with E-state index in [1.54, 1.807) is 0 Å². The lowest BCUT2D eigenvalue weighted by Crippen LogP contribution is -2.35. The summed E-state index contributed by atoms with van der Waals surface area (Å²) < 4.78 is 0. The lowest BCUT2D eigenvalue weighted by molar-refractivity contribution is 0.331. The minimum absolute atomic E-state index is 0.0236. The van der Waals surface area contributed by atoms with Gasteiger partial charge in [-0.25, -0.2) is 0 Å². The molecule has 3 aliphatic carbocycles. The number of hydrogen-bond donors (Lipinski definition) is 2. The van der Waals surface area contributed by atoms with Crippen LogP contribution in [0.1, 0.15) is 103 Å². The van der Waals surface area contributed by atoms with Gasteiger partial charge < -0.3 is 10.6 Å². The van der Waals surface area contributed by atoms with Crippen LogP contribution < -0.4 is 16.1 Å². The van der Waals surface area contributed by atoms with Gasteiger partial charge >= 0.3 is 0 Å². The zero-order chi connectivity index (χ0) is 49.0. The third-order valence-corrected chi connectivity index (χ3v) is 16.7. The van der Waals surface area contributed by atoms with Crippen LogP contribution in [0.5, 0.6) is 0 Å². The third kappa shape index (κ3) is 6.87. The maximum atomic E-state index is 8.01. The molecule has 1 heterocycles. The molecule has 8 aromatic carbocycles. The number of anilines is 2. The summed E-state index contributed by atoms with van der Waals surface area (Å²) >= 11 is 5.00. The van der Waals surface area contributed by atoms with Crippen LogP contribution in [0, 0.1) is 6.92 Å². The van der Waals surface area contributed by atoms with Crippen molar-refractivity contribution in [1.82, 2.24) is 0 Å². The minimum atomic E-state index is -0.905. The Hall–Kier alpha value is -7.23. The van der Waals surface area contributed by atoms with E-state index in [1.165, 1.54) is 44.5 Å². The molecule has 1 aliphatic heterocycles. The minimum Gasteiger partial charge on any atom is -0.398 e. The van der Waals surface area contributed by atoms with Gasteiger partial charge in [0.25, 0.3) is 0 Å². The summed E-state index contributed by atoms with van der Waals surface area (Å²) in [6, 6.07) is 62.5. The SMILES string of the molecule is [B]c1c2cc3c(c1-c1cccc(C(C4=C(N)C=C=C4)(c4ccccc4)c4ccccc4)c1/C(c1cc4c(cc1C)C(C)(C)CCC4(C)C)=C(/C)N2c1ccc(S)cc1-c1ccccc1)Cc1ccccc1-3. The molecule has 8 aromatic rings. The molecule has 0 saturated carbocycles. The molecule has 0 atom stereocenters. The molecule has 0 saturated heterocycles. The molecule has 71 heavy (non-hydrogen) atoms. The Morgan fingerprint density at radius 2 is 1.21 bits per heavy atom. The van der Waals surface area contributed by atoms with E-state index in [-0.39, 0.29) is 10.8 Å². The van der Waals surface area contributed by atoms with Crippen LogP contribution in [0.4, 0.5) is 11.4 Å². The first-order valence-electron chi connectivity index (χ1n) is 25.1. The maximum absolute atomic E-state index is 8.01. The van der Waals surface area contributed by atoms with E-state index in [0.29, 0.717) is 5.70 Å². The Labute approximate surface area is 426 Å². The molecule has 4 aliphatic rings. The fourth-order valence-corrected chi connectivity index (χ4v) is 13.0. The summed E-state index contributed by atoms with van der Waals surface area (Å²) in [6.45, 7) is 14.4. The van der Waals surface area contributed by atoms with Gasteiger partial charge in [0.2, 0.25) is 0 Å². The highest BCUT2D eigenvalue weighted by Crippen LogP contribution is 2.57. The largest absolute Gasteiger partial charge is 0.398 e. The Bertz CT molecular complexity index is 3600. The molecule has 12 rings (SSSR count). The average Bonchev–Trinajstić information content (AvgIpc) is 3.98. The van der Waals surface area contributed by atoms with Crippen LogP contribution in [-0.2, 0) is 22.7 Å². The Kier molecular flexibility index (Phi) is 10.6. The average molecular weight is 933 g/mol. The van der Waals surface area contributed by atoms with E-state index in [2.05, 4.69) is 228 Å². The van der Waals surface area contributed by atoms with E-state index < -0.39 is 5.41 Å². The van der Waals surface area contributed by atoms with Crippen LogP contribution in [0.2, 0.25) is 0 Å². The zero-order valence-corrected chi connectivity index (χ0v) is 42.4. The van der Waals surface area contributed by atoms with Crippen LogP contribution in [-0.4, -0.2) is 7.85 Å². The van der Waals surface area contributed by atoms with E-state index in [1.807, 2.05) is 6.08 Å². The van der Waals surface area contributed by atoms with Gasteiger partial charge in [-0.05, 0) is 164 Å². The molecule has 344 valence electrons. The second-order valence-electron chi connectivity index (χ2n) is 21.4. The first-order valence-corrected chi connectivity index (χ1v) is 25.5. The molecule has 0 aromatic heterocycles. The number of fused-ring (bicyclic) bond motifs is 9. The van der Waals surface area contributed by atoms with Crippen LogP contribution in [0.25, 0.3) is 39.0 Å². The second kappa shape index (κ2) is 16.7. The fraction of sp³-hybridized carbons (Fsp3) is 0.179. The maximum Gasteiger partial charge on any atom is 0.117 e. The van der Waals surface area contributed by atoms with Crippen molar-refractivity contribution in [3.8, 4) is 33.4 Å². The predicted molar refractivity (Wildman–Crippen MR) is 302 cm³/mol. The fourth-order valence-electron chi connectivity index (χ4n) is 12.8. The molecule has 2 bridgehead atoms. The number of allylic oxidation sites excluding steroid dienone is 3. The second-order valence-corrected chi connectivity index (χ2v) is 21.9. The van der Waals surface area contributed by atoms with Gasteiger partial charge in [0, 0.05) is 44.8 Å². The topological polar surface area (TPSA) is 29.3 Å². The quantitative estimate of drug-likeness (QED) is 0.0722. The van der Waals surface area contributed by atoms with E-state index in [9.17, 15) is 0 Å². The first-order chi connectivity index (χ1) is 34.3. The predicted octanol–water partition coefficient (Wildman–Crippen LogP) is 15.5. The molecule has 0 spiro atoms. The molecule has 2 radical (unpaired) electrons. The first kappa shape index (κ1) is 44.9. The van der Waals surface area contributed by atoms with E-state index in [4.69, 9.17) is 26.2 Å². The van der Waals surface area contributed by atoms with Crippen molar-refractivity contribution in [3.63, 3.8) is 0 Å². The van der Waals surface area contributed by atoms with Crippen molar-refractivity contribution >= 4 is 42.9 Å². The van der Waals surface area contributed by atoms with Crippen LogP contribution in [0.15, 0.2) is 210 Å². The highest BCUT2D eigenvalue weighted by molar-refractivity contribution is 7.80. The Morgan fingerprint density at radius 1 is 0.592 bits per heavy atom. The van der Waals surface area contributed by atoms with Crippen molar-refractivity contribution in [2.24, 2.45) is 5.73 Å². The molecular weight excluding hydrogens is 876 g/mol. The highest BCUT2D eigenvalue weighted by Gasteiger charge is 2.46. The summed E-state index contributed by atoms with van der Waals surface area (Å²) in [5, 5.41) is 0. The van der Waals surface area contributed by atoms with Crippen molar-refractivity contribution < 1.29 is 0 Å². The van der Waals surface area contributed by atoms with Crippen molar-refractivity contribution in [3.05, 3.63) is 260 Å². The van der Waals surface area contributed by atoms with E-state index >= 15 is 0 Å². The number of thiol groups is 1. The molecule has 2 N–H and O–H groups in total. The molecule has 2 nitrogen and oxygen atoms in total. The lowest BCUT2D eigenvalue weighted by Gasteiger charge is -2.44. The van der Waals surface area contributed by atoms with Crippen molar-refractivity contribution in [2.45, 2.75) is 81.9 Å². The van der Waals surface area contributed by atoms with E-state index in [0.717, 1.165) is 102 Å². The molecule has 0 fully saturated rings. The highest BCUT2D eigenvalue weighted by atomic mass is 32.1. The zero-order valence-electron chi connectivity index (χ0n) is 41.5. The summed E-state index contributed by atoms with van der Waals surface area (Å²) in [5.41, 5.74) is 35.6. The molecule has 0 unspecified atom stereocenters. The Morgan fingerprint density at radius 3 is 1.87 bits per heavy atom. The number of nitrogens with zero attached hydrogens (tertiary/aromatic N) is 1. The van der Waals surface area contributed by atoms with Gasteiger partial charge in [0.15, 0.2) is 0 Å². The van der Waals surface area contributed by atoms with Crippen molar-refractivity contribution in [2.75, 3.05) is 4.90 Å². The lowest BCUT2D eigenvalue weighted by atomic mass is 9.60. The molecule has 4 heteroatoms. The van der Waals surface area contributed by atoms with Crippen molar-refractivity contribution in [1.29, 1.82) is 0 Å². The van der Waals surface area contributed by atoms with Gasteiger partial charge in [-0.1, -0.05) is 173 Å². The van der Waals surface area contributed by atoms with Crippen LogP contribution in [0.3, 0.4) is 0 Å². The summed E-state index contributed by atoms with van der Waals surface area (Å²) in [4.78, 5) is 3.37. The normalized spacial score (nSPS) is 17.1. The smallest absolute Gasteiger partial charge is 0.117 e. The number of hydrogen-bond acceptors (Lipinski definition) is 3. The van der Waals surface area contributed by atoms with Gasteiger partial charge in [0.05, 0.1) is 11.1 Å². The third-order valence-electron chi connectivity index (χ3n) is 16.4. The molecular formula is C67H57BN2S. The summed E-state index contributed by atoms with van der Waals surface area (Å²) in [5.74, 6) is 0. The number of nitrogens with two attached hydrogens (primary N) is 1. The monoisotopic (exact) mass is 932 g/mol. The van der Waals surface area contributed by atoms with Gasteiger partial charge in [0.1, 0.15) is 7.85 Å². The van der Waals surface area contributed by atoms with Gasteiger partial charge in [-0.15, -0.1) is 18.4 Å². The summed E-state index contributed by atoms with van der Waals surface area (Å²) in [7, 11) is 8.01. The standard InChI is InChI=1S/C67H57BN2S/c1-41-36-56-57(66(5,6)35-34-65(56,3)4)39-50(41)61-42(2)70(59-33-32-47(71)38-51(59)43-20-10-7-11-21-43)60-40-52-48-27-17-16-22-44(48)37-53(52)62(64(60)68)49-28-18-30-55(63(49)61)67(45-23-12-8-13-24-45,46-25-14-9-15-26-46)54-29-19-31-58(54)69/h7-18,20-33,36,38-40,71H,34-35,37,69H2,1-6H3/b61-42-. The van der Waals surface area contributed by atoms with Gasteiger partial charge in [-0.3, -0.25) is 0 Å². The Balaban J connectivity index is 1.33. The number of benzene rings is 8. The van der Waals surface area contributed by atoms with Gasteiger partial charge in [-0.2, -0.15) is 0 Å². The van der Waals surface area contributed by atoms with Crippen LogP contribution >= 0.6 is 12.6 Å². The molecule has 0 amide bonds.